The van der Waals surface area contributed by atoms with Gasteiger partial charge in [-0.3, -0.25) is 4.79 Å². The molecule has 3 N–H and O–H groups in total. The molecule has 1 atom stereocenters. The van der Waals surface area contributed by atoms with Crippen LogP contribution in [0.15, 0.2) is 0 Å². The molecule has 56 valence electrons. The zero-order valence-electron chi connectivity index (χ0n) is 5.92. The fraction of sp³-hybridized carbons (Fsp3) is 0.571. The summed E-state index contributed by atoms with van der Waals surface area (Å²) in [7, 11) is 0. The quantitative estimate of drug-likeness (QED) is 0.552. The molecule has 0 aliphatic heterocycles. The second kappa shape index (κ2) is 4.83. The van der Waals surface area contributed by atoms with Crippen molar-refractivity contribution in [2.24, 2.45) is 5.73 Å². The summed E-state index contributed by atoms with van der Waals surface area (Å²) >= 11 is 0. The molecule has 0 aromatic rings. The van der Waals surface area contributed by atoms with E-state index in [9.17, 15) is 4.79 Å². The largest absolute Gasteiger partial charge is 0.481 e. The van der Waals surface area contributed by atoms with Crippen LogP contribution in [0, 0.1) is 11.8 Å². The number of rotatable bonds is 3. The molecule has 0 amide bonds. The van der Waals surface area contributed by atoms with Crippen molar-refractivity contribution in [3.05, 3.63) is 0 Å². The number of carbonyl (C=O) groups is 1. The molecular formula is C7H11NO2. The third kappa shape index (κ3) is 5.13. The minimum absolute atomic E-state index is 0.00528. The van der Waals surface area contributed by atoms with Gasteiger partial charge < -0.3 is 10.8 Å². The van der Waals surface area contributed by atoms with E-state index in [1.807, 2.05) is 0 Å². The average molecular weight is 141 g/mol. The maximum atomic E-state index is 10.0. The van der Waals surface area contributed by atoms with Crippen LogP contribution >= 0.6 is 0 Å². The molecule has 0 rings (SSSR count). The molecule has 0 fully saturated rings. The summed E-state index contributed by atoms with van der Waals surface area (Å²) in [6.45, 7) is 1.70. The molecule has 0 saturated heterocycles. The van der Waals surface area contributed by atoms with Crippen LogP contribution in [-0.2, 0) is 4.79 Å². The standard InChI is InChI=1S/C7H11NO2/c1-2-3-4-6(8)5-7(9)10/h6H,4-5,8H2,1H3,(H,9,10)/t6-/m1/s1. The fourth-order valence-electron chi connectivity index (χ4n) is 0.530. The highest BCUT2D eigenvalue weighted by Crippen LogP contribution is 1.91. The maximum Gasteiger partial charge on any atom is 0.304 e. The molecule has 0 bridgehead atoms. The molecule has 0 aromatic heterocycles. The highest BCUT2D eigenvalue weighted by atomic mass is 16.4. The predicted octanol–water partition coefficient (Wildman–Crippen LogP) is 0.202. The van der Waals surface area contributed by atoms with Gasteiger partial charge in [0.15, 0.2) is 0 Å². The first-order chi connectivity index (χ1) is 4.66. The lowest BCUT2D eigenvalue weighted by Gasteiger charge is -2.01. The van der Waals surface area contributed by atoms with Crippen molar-refractivity contribution >= 4 is 5.97 Å². The predicted molar refractivity (Wildman–Crippen MR) is 38.3 cm³/mol. The van der Waals surface area contributed by atoms with Crippen LogP contribution in [0.2, 0.25) is 0 Å². The molecule has 0 radical (unpaired) electrons. The second-order valence-corrected chi connectivity index (χ2v) is 1.99. The summed E-state index contributed by atoms with van der Waals surface area (Å²) in [4.78, 5) is 10.0. The SMILES string of the molecule is CC#CC[C@@H](N)CC(=O)O. The molecule has 3 nitrogen and oxygen atoms in total. The lowest BCUT2D eigenvalue weighted by Crippen LogP contribution is -2.22. The van der Waals surface area contributed by atoms with E-state index in [1.54, 1.807) is 6.92 Å². The van der Waals surface area contributed by atoms with Gasteiger partial charge in [-0.25, -0.2) is 0 Å². The summed E-state index contributed by atoms with van der Waals surface area (Å²) in [5, 5.41) is 8.26. The van der Waals surface area contributed by atoms with Crippen LogP contribution in [0.3, 0.4) is 0 Å². The van der Waals surface area contributed by atoms with Crippen molar-refractivity contribution in [3.63, 3.8) is 0 Å². The van der Waals surface area contributed by atoms with Gasteiger partial charge in [0.1, 0.15) is 0 Å². The minimum Gasteiger partial charge on any atom is -0.481 e. The van der Waals surface area contributed by atoms with E-state index in [1.165, 1.54) is 0 Å². The summed E-state index contributed by atoms with van der Waals surface area (Å²) in [5.74, 6) is 4.49. The molecule has 0 spiro atoms. The normalized spacial score (nSPS) is 11.4. The monoisotopic (exact) mass is 141 g/mol. The highest BCUT2D eigenvalue weighted by molar-refractivity contribution is 5.67. The Labute approximate surface area is 60.2 Å². The van der Waals surface area contributed by atoms with E-state index in [2.05, 4.69) is 11.8 Å². The Kier molecular flexibility index (Phi) is 4.34. The van der Waals surface area contributed by atoms with Crippen molar-refractivity contribution < 1.29 is 9.90 Å². The van der Waals surface area contributed by atoms with Crippen molar-refractivity contribution in [2.45, 2.75) is 25.8 Å². The van der Waals surface area contributed by atoms with Gasteiger partial charge in [0, 0.05) is 12.5 Å². The Morgan fingerprint density at radius 1 is 1.80 bits per heavy atom. The van der Waals surface area contributed by atoms with Crippen molar-refractivity contribution in [3.8, 4) is 11.8 Å². The first kappa shape index (κ1) is 8.99. The zero-order valence-corrected chi connectivity index (χ0v) is 5.92. The fourth-order valence-corrected chi connectivity index (χ4v) is 0.530. The average Bonchev–Trinajstić information content (AvgIpc) is 1.82. The Hall–Kier alpha value is -1.01. The lowest BCUT2D eigenvalue weighted by molar-refractivity contribution is -0.137. The smallest absolute Gasteiger partial charge is 0.304 e. The van der Waals surface area contributed by atoms with E-state index in [0.717, 1.165) is 0 Å². The number of aliphatic carboxylic acids is 1. The van der Waals surface area contributed by atoms with Crippen molar-refractivity contribution in [2.75, 3.05) is 0 Å². The van der Waals surface area contributed by atoms with Crippen LogP contribution in [0.1, 0.15) is 19.8 Å². The Morgan fingerprint density at radius 3 is 2.80 bits per heavy atom. The number of hydrogen-bond acceptors (Lipinski definition) is 2. The zero-order chi connectivity index (χ0) is 7.98. The van der Waals surface area contributed by atoms with Gasteiger partial charge in [0.2, 0.25) is 0 Å². The number of nitrogens with two attached hydrogens (primary N) is 1. The lowest BCUT2D eigenvalue weighted by atomic mass is 10.1. The summed E-state index contributed by atoms with van der Waals surface area (Å²) in [6.07, 6.45) is 0.456. The van der Waals surface area contributed by atoms with E-state index in [4.69, 9.17) is 10.8 Å². The molecule has 3 heteroatoms. The first-order valence-electron chi connectivity index (χ1n) is 3.03. The molecule has 0 aliphatic rings. The van der Waals surface area contributed by atoms with Gasteiger partial charge in [-0.05, 0) is 6.92 Å². The second-order valence-electron chi connectivity index (χ2n) is 1.99. The number of carboxylic acid groups (broad SMARTS) is 1. The maximum absolute atomic E-state index is 10.0. The third-order valence-electron chi connectivity index (χ3n) is 0.978. The van der Waals surface area contributed by atoms with Gasteiger partial charge in [0.05, 0.1) is 6.42 Å². The summed E-state index contributed by atoms with van der Waals surface area (Å²) in [5.41, 5.74) is 5.38. The van der Waals surface area contributed by atoms with Gasteiger partial charge in [0.25, 0.3) is 0 Å². The Bertz CT molecular complexity index is 166. The molecule has 0 aromatic carbocycles. The highest BCUT2D eigenvalue weighted by Gasteiger charge is 2.04. The van der Waals surface area contributed by atoms with E-state index in [0.29, 0.717) is 6.42 Å². The molecule has 0 unspecified atom stereocenters. The topological polar surface area (TPSA) is 63.3 Å². The van der Waals surface area contributed by atoms with Crippen LogP contribution in [-0.4, -0.2) is 17.1 Å². The van der Waals surface area contributed by atoms with Gasteiger partial charge in [-0.1, -0.05) is 0 Å². The van der Waals surface area contributed by atoms with Crippen molar-refractivity contribution in [1.82, 2.24) is 0 Å². The molecule has 0 saturated carbocycles. The van der Waals surface area contributed by atoms with Crippen LogP contribution in [0.5, 0.6) is 0 Å². The molecule has 10 heavy (non-hydrogen) atoms. The van der Waals surface area contributed by atoms with Gasteiger partial charge in [-0.2, -0.15) is 0 Å². The Morgan fingerprint density at radius 2 is 2.40 bits per heavy atom. The number of hydrogen-bond donors (Lipinski definition) is 2. The van der Waals surface area contributed by atoms with Crippen molar-refractivity contribution in [1.29, 1.82) is 0 Å². The van der Waals surface area contributed by atoms with E-state index in [-0.39, 0.29) is 12.5 Å². The van der Waals surface area contributed by atoms with Crippen LogP contribution in [0.25, 0.3) is 0 Å². The van der Waals surface area contributed by atoms with Crippen LogP contribution in [0.4, 0.5) is 0 Å². The molecule has 0 aliphatic carbocycles. The van der Waals surface area contributed by atoms with Gasteiger partial charge in [-0.15, -0.1) is 11.8 Å². The van der Waals surface area contributed by atoms with Crippen LogP contribution < -0.4 is 5.73 Å². The minimum atomic E-state index is -0.870. The van der Waals surface area contributed by atoms with Gasteiger partial charge >= 0.3 is 5.97 Å². The summed E-state index contributed by atoms with van der Waals surface area (Å²) < 4.78 is 0. The third-order valence-corrected chi connectivity index (χ3v) is 0.978. The van der Waals surface area contributed by atoms with E-state index < -0.39 is 5.97 Å². The van der Waals surface area contributed by atoms with E-state index >= 15 is 0 Å². The molecule has 0 heterocycles. The first-order valence-corrected chi connectivity index (χ1v) is 3.03. The Balaban J connectivity index is 3.50. The summed E-state index contributed by atoms with van der Waals surface area (Å²) in [6, 6.07) is -0.329. The molecular weight excluding hydrogens is 130 g/mol. The number of carboxylic acids is 1.